The van der Waals surface area contributed by atoms with Crippen LogP contribution in [0.3, 0.4) is 0 Å². The lowest BCUT2D eigenvalue weighted by Gasteiger charge is -2.39. The number of likely N-dealkylation sites (tertiary alicyclic amines) is 1. The Morgan fingerprint density at radius 2 is 1.70 bits per heavy atom. The van der Waals surface area contributed by atoms with Crippen molar-refractivity contribution in [2.24, 2.45) is 0 Å². The summed E-state index contributed by atoms with van der Waals surface area (Å²) in [4.78, 5) is 56.6. The number of aromatic nitrogens is 3. The molecule has 2 aromatic heterocycles. The molecule has 13 heteroatoms. The molecular formula is C40H44N8O5. The minimum Gasteiger partial charge on any atom is -0.390 e. The van der Waals surface area contributed by atoms with E-state index in [0.717, 1.165) is 56.7 Å². The Morgan fingerprint density at radius 3 is 2.42 bits per heavy atom. The van der Waals surface area contributed by atoms with Gasteiger partial charge in [0.15, 0.2) is 0 Å². The minimum absolute atomic E-state index is 0.138. The van der Waals surface area contributed by atoms with Gasteiger partial charge in [-0.3, -0.25) is 24.6 Å². The Kier molecular flexibility index (Phi) is 9.62. The number of hydrogen-bond donors (Lipinski definition) is 4. The molecule has 4 aliphatic heterocycles. The number of hydrogen-bond acceptors (Lipinski definition) is 11. The van der Waals surface area contributed by atoms with Gasteiger partial charge >= 0.3 is 0 Å². The van der Waals surface area contributed by atoms with Crippen LogP contribution in [0.1, 0.15) is 82.7 Å². The van der Waals surface area contributed by atoms with Crippen molar-refractivity contribution < 1.29 is 24.6 Å². The molecule has 13 nitrogen and oxygen atoms in total. The van der Waals surface area contributed by atoms with Crippen molar-refractivity contribution in [3.8, 4) is 0 Å². The summed E-state index contributed by atoms with van der Waals surface area (Å²) >= 11 is 0. The molecule has 1 atom stereocenters. The molecule has 2 aromatic carbocycles. The Labute approximate surface area is 308 Å². The summed E-state index contributed by atoms with van der Waals surface area (Å²) in [5.74, 6) is 0.600. The van der Waals surface area contributed by atoms with Crippen molar-refractivity contribution in [2.75, 3.05) is 36.4 Å². The van der Waals surface area contributed by atoms with Gasteiger partial charge in [0.1, 0.15) is 11.9 Å². The van der Waals surface area contributed by atoms with Crippen LogP contribution in [0.4, 0.5) is 17.5 Å². The molecule has 0 saturated carbocycles. The molecule has 3 fully saturated rings. The lowest BCUT2D eigenvalue weighted by atomic mass is 9.83. The van der Waals surface area contributed by atoms with Gasteiger partial charge in [0, 0.05) is 69.3 Å². The second kappa shape index (κ2) is 14.6. The molecular weight excluding hydrogens is 672 g/mol. The van der Waals surface area contributed by atoms with Gasteiger partial charge in [-0.05, 0) is 90.6 Å². The van der Waals surface area contributed by atoms with Crippen LogP contribution in [0.15, 0.2) is 73.1 Å². The molecule has 53 heavy (non-hydrogen) atoms. The lowest BCUT2D eigenvalue weighted by molar-refractivity contribution is -0.136. The topological polar surface area (TPSA) is 164 Å². The smallest absolute Gasteiger partial charge is 0.255 e. The monoisotopic (exact) mass is 716 g/mol. The lowest BCUT2D eigenvalue weighted by Crippen LogP contribution is -2.52. The summed E-state index contributed by atoms with van der Waals surface area (Å²) < 4.78 is 0. The molecule has 4 N–H and O–H groups in total. The first-order chi connectivity index (χ1) is 25.7. The fraction of sp³-hybridized carbons (Fsp3) is 0.400. The van der Waals surface area contributed by atoms with E-state index < -0.39 is 17.6 Å². The molecule has 0 aliphatic carbocycles. The second-order valence-electron chi connectivity index (χ2n) is 14.6. The van der Waals surface area contributed by atoms with Crippen molar-refractivity contribution in [2.45, 2.75) is 75.8 Å². The molecule has 6 heterocycles. The van der Waals surface area contributed by atoms with E-state index in [9.17, 15) is 24.6 Å². The minimum atomic E-state index is -0.982. The zero-order valence-corrected chi connectivity index (χ0v) is 29.6. The Balaban J connectivity index is 0.808. The van der Waals surface area contributed by atoms with Crippen LogP contribution in [0, 0.1) is 0 Å². The average molecular weight is 717 g/mol. The van der Waals surface area contributed by atoms with Crippen molar-refractivity contribution in [1.29, 1.82) is 0 Å². The number of aliphatic hydroxyl groups is 2. The Morgan fingerprint density at radius 1 is 0.906 bits per heavy atom. The van der Waals surface area contributed by atoms with E-state index >= 15 is 0 Å². The molecule has 8 rings (SSSR count). The van der Waals surface area contributed by atoms with Gasteiger partial charge in [-0.15, -0.1) is 0 Å². The van der Waals surface area contributed by atoms with E-state index in [-0.39, 0.29) is 24.8 Å². The summed E-state index contributed by atoms with van der Waals surface area (Å²) in [6.45, 7) is 4.43. The molecule has 4 aliphatic rings. The van der Waals surface area contributed by atoms with Crippen molar-refractivity contribution >= 4 is 35.2 Å². The maximum atomic E-state index is 13.1. The van der Waals surface area contributed by atoms with E-state index in [1.54, 1.807) is 23.2 Å². The number of rotatable bonds is 9. The third-order valence-electron chi connectivity index (χ3n) is 11.3. The maximum Gasteiger partial charge on any atom is 0.255 e. The number of imide groups is 1. The number of fused-ring (bicyclic) bond motifs is 1. The van der Waals surface area contributed by atoms with Crippen LogP contribution in [0.25, 0.3) is 0 Å². The highest BCUT2D eigenvalue weighted by Gasteiger charge is 2.41. The van der Waals surface area contributed by atoms with Crippen LogP contribution in [0.5, 0.6) is 0 Å². The summed E-state index contributed by atoms with van der Waals surface area (Å²) in [6, 6.07) is 19.5. The molecule has 3 saturated heterocycles. The number of anilines is 3. The number of nitrogens with zero attached hydrogens (tertiary/aromatic N) is 6. The molecule has 4 aromatic rings. The van der Waals surface area contributed by atoms with E-state index in [0.29, 0.717) is 54.7 Å². The zero-order chi connectivity index (χ0) is 36.5. The third kappa shape index (κ3) is 7.37. The third-order valence-corrected chi connectivity index (χ3v) is 11.3. The standard InChI is InChI=1S/C40H44N8O5/c49-25-31-11-16-41-39(43-31)44-35-9-3-28(22-42-35)27-12-17-47(18-13-27)32-5-1-26(2-6-32)23-46-19-14-40(53,15-20-46)30-4-7-33-29(21-30)24-48(38(33)52)34-8-10-36(50)45-37(34)51/h1-7,9,11,16,21-22,27,34,49,53H,8,10,12-15,17-20,23-25H2,(H,45,50,51)(H,41,42,43,44). The van der Waals surface area contributed by atoms with Gasteiger partial charge in [0.2, 0.25) is 17.8 Å². The molecule has 0 radical (unpaired) electrons. The van der Waals surface area contributed by atoms with Crippen molar-refractivity contribution in [3.63, 3.8) is 0 Å². The van der Waals surface area contributed by atoms with Crippen molar-refractivity contribution in [1.82, 2.24) is 30.1 Å². The summed E-state index contributed by atoms with van der Waals surface area (Å²) in [6.07, 6.45) is 7.36. The number of benzene rings is 2. The van der Waals surface area contributed by atoms with Gasteiger partial charge < -0.3 is 25.3 Å². The number of piperidine rings is 3. The number of aliphatic hydroxyl groups excluding tert-OH is 1. The van der Waals surface area contributed by atoms with Crippen LogP contribution >= 0.6 is 0 Å². The van der Waals surface area contributed by atoms with Gasteiger partial charge in [-0.1, -0.05) is 30.3 Å². The highest BCUT2D eigenvalue weighted by atomic mass is 16.3. The van der Waals surface area contributed by atoms with Gasteiger partial charge in [-0.25, -0.2) is 15.0 Å². The van der Waals surface area contributed by atoms with E-state index in [1.165, 1.54) is 16.8 Å². The quantitative estimate of drug-likeness (QED) is 0.187. The molecule has 274 valence electrons. The van der Waals surface area contributed by atoms with Gasteiger partial charge in [0.05, 0.1) is 17.9 Å². The fourth-order valence-corrected chi connectivity index (χ4v) is 8.15. The highest BCUT2D eigenvalue weighted by Crippen LogP contribution is 2.37. The van der Waals surface area contributed by atoms with Crippen LogP contribution in [-0.2, 0) is 34.9 Å². The predicted octanol–water partition coefficient (Wildman–Crippen LogP) is 3.74. The molecule has 1 unspecified atom stereocenters. The first kappa shape index (κ1) is 34.8. The average Bonchev–Trinajstić information content (AvgIpc) is 3.51. The predicted molar refractivity (Wildman–Crippen MR) is 197 cm³/mol. The molecule has 0 bridgehead atoms. The highest BCUT2D eigenvalue weighted by molar-refractivity contribution is 6.05. The van der Waals surface area contributed by atoms with E-state index in [1.807, 2.05) is 24.4 Å². The maximum absolute atomic E-state index is 13.1. The number of nitrogens with one attached hydrogen (secondary N) is 2. The normalized spacial score (nSPS) is 20.7. The number of carbonyl (C=O) groups excluding carboxylic acids is 3. The fourth-order valence-electron chi connectivity index (χ4n) is 8.15. The number of carbonyl (C=O) groups is 3. The van der Waals surface area contributed by atoms with Gasteiger partial charge in [0.25, 0.3) is 5.91 Å². The second-order valence-corrected chi connectivity index (χ2v) is 14.6. The Hall–Kier alpha value is -5.24. The van der Waals surface area contributed by atoms with Gasteiger partial charge in [-0.2, -0.15) is 0 Å². The summed E-state index contributed by atoms with van der Waals surface area (Å²) in [5.41, 5.74) is 5.45. The largest absolute Gasteiger partial charge is 0.390 e. The van der Waals surface area contributed by atoms with Crippen molar-refractivity contribution in [3.05, 3.63) is 107 Å². The van der Waals surface area contributed by atoms with Crippen LogP contribution < -0.4 is 15.5 Å². The number of pyridine rings is 1. The zero-order valence-electron chi connectivity index (χ0n) is 29.6. The molecule has 3 amide bonds. The Bertz CT molecular complexity index is 1990. The molecule has 0 spiro atoms. The first-order valence-corrected chi connectivity index (χ1v) is 18.5. The number of amides is 3. The SMILES string of the molecule is O=C1CCC(N2Cc3cc(C4(O)CCN(Cc5ccc(N6CCC(c7ccc(Nc8nccc(CO)n8)nc7)CC6)cc5)CC4)ccc3C2=O)C(=O)N1. The first-order valence-electron chi connectivity index (χ1n) is 18.5. The van der Waals surface area contributed by atoms with E-state index in [4.69, 9.17) is 0 Å². The summed E-state index contributed by atoms with van der Waals surface area (Å²) in [7, 11) is 0. The van der Waals surface area contributed by atoms with Crippen LogP contribution in [-0.4, -0.2) is 84.9 Å². The summed E-state index contributed by atoms with van der Waals surface area (Å²) in [5, 5.41) is 26.5. The van der Waals surface area contributed by atoms with Crippen LogP contribution in [0.2, 0.25) is 0 Å². The van der Waals surface area contributed by atoms with E-state index in [2.05, 4.69) is 65.7 Å².